The van der Waals surface area contributed by atoms with E-state index in [4.69, 9.17) is 14.6 Å². The first-order valence-corrected chi connectivity index (χ1v) is 8.79. The van der Waals surface area contributed by atoms with Crippen molar-refractivity contribution in [3.8, 4) is 5.75 Å². The Morgan fingerprint density at radius 1 is 1.38 bits per heavy atom. The van der Waals surface area contributed by atoms with Crippen molar-refractivity contribution in [2.75, 3.05) is 12.4 Å². The molecule has 2 N–H and O–H groups in total. The zero-order valence-electron chi connectivity index (χ0n) is 16.1. The standard InChI is InChI=1S/C20H27NO5/c1-11(2)21-18-14(8-6-12(3)7-9-16(22)23)19(25-5)13(4)15-10-26-20(24)17(15)18/h6,11,21H,7-10H2,1-5H3,(H,22,23)/b12-6+. The Morgan fingerprint density at radius 3 is 2.65 bits per heavy atom. The van der Waals surface area contributed by atoms with Gasteiger partial charge in [-0.2, -0.15) is 0 Å². The van der Waals surface area contributed by atoms with Gasteiger partial charge in [-0.3, -0.25) is 4.79 Å². The van der Waals surface area contributed by atoms with Gasteiger partial charge in [-0.15, -0.1) is 0 Å². The minimum Gasteiger partial charge on any atom is -0.496 e. The van der Waals surface area contributed by atoms with E-state index in [-0.39, 0.29) is 25.0 Å². The average molecular weight is 361 g/mol. The third-order valence-corrected chi connectivity index (χ3v) is 4.50. The van der Waals surface area contributed by atoms with Crippen LogP contribution in [0, 0.1) is 6.92 Å². The molecule has 0 aliphatic carbocycles. The molecule has 0 fully saturated rings. The molecule has 1 heterocycles. The van der Waals surface area contributed by atoms with Crippen molar-refractivity contribution in [1.29, 1.82) is 0 Å². The molecule has 1 aliphatic heterocycles. The molecule has 0 saturated carbocycles. The Balaban J connectivity index is 2.50. The van der Waals surface area contributed by atoms with E-state index in [9.17, 15) is 9.59 Å². The van der Waals surface area contributed by atoms with Crippen LogP contribution in [0.3, 0.4) is 0 Å². The number of fused-ring (bicyclic) bond motifs is 1. The lowest BCUT2D eigenvalue weighted by atomic mass is 9.93. The van der Waals surface area contributed by atoms with E-state index in [0.717, 1.165) is 33.7 Å². The maximum atomic E-state index is 12.3. The second-order valence-electron chi connectivity index (χ2n) is 6.89. The highest BCUT2D eigenvalue weighted by Crippen LogP contribution is 2.41. The van der Waals surface area contributed by atoms with Crippen molar-refractivity contribution in [2.45, 2.75) is 59.6 Å². The van der Waals surface area contributed by atoms with Crippen LogP contribution >= 0.6 is 0 Å². The fourth-order valence-corrected chi connectivity index (χ4v) is 3.18. The number of nitrogens with one attached hydrogen (secondary N) is 1. The van der Waals surface area contributed by atoms with Crippen LogP contribution in [0.5, 0.6) is 5.75 Å². The van der Waals surface area contributed by atoms with Crippen molar-refractivity contribution >= 4 is 17.6 Å². The van der Waals surface area contributed by atoms with Gasteiger partial charge in [0.1, 0.15) is 12.4 Å². The minimum absolute atomic E-state index is 0.103. The van der Waals surface area contributed by atoms with Crippen molar-refractivity contribution < 1.29 is 24.2 Å². The smallest absolute Gasteiger partial charge is 0.341 e. The van der Waals surface area contributed by atoms with Crippen LogP contribution in [0.15, 0.2) is 11.6 Å². The number of rotatable bonds is 8. The molecule has 6 heteroatoms. The first kappa shape index (κ1) is 19.8. The molecule has 1 aromatic carbocycles. The van der Waals surface area contributed by atoms with Gasteiger partial charge in [-0.25, -0.2) is 4.79 Å². The van der Waals surface area contributed by atoms with Crippen LogP contribution in [-0.4, -0.2) is 30.2 Å². The van der Waals surface area contributed by atoms with E-state index in [0.29, 0.717) is 18.4 Å². The van der Waals surface area contributed by atoms with Gasteiger partial charge in [-0.1, -0.05) is 11.6 Å². The predicted molar refractivity (Wildman–Crippen MR) is 99.9 cm³/mol. The van der Waals surface area contributed by atoms with Crippen LogP contribution in [-0.2, 0) is 22.6 Å². The molecule has 0 spiro atoms. The zero-order chi connectivity index (χ0) is 19.4. The van der Waals surface area contributed by atoms with Crippen molar-refractivity contribution in [2.24, 2.45) is 0 Å². The van der Waals surface area contributed by atoms with Gasteiger partial charge in [0.05, 0.1) is 18.4 Å². The molecule has 142 valence electrons. The number of carbonyl (C=O) groups excluding carboxylic acids is 1. The Hall–Kier alpha value is -2.50. The van der Waals surface area contributed by atoms with Gasteiger partial charge < -0.3 is 19.9 Å². The Kier molecular flexibility index (Phi) is 6.29. The second kappa shape index (κ2) is 8.25. The van der Waals surface area contributed by atoms with Gasteiger partial charge in [-0.05, 0) is 46.1 Å². The topological polar surface area (TPSA) is 84.9 Å². The second-order valence-corrected chi connectivity index (χ2v) is 6.89. The summed E-state index contributed by atoms with van der Waals surface area (Å²) >= 11 is 0. The van der Waals surface area contributed by atoms with Gasteiger partial charge in [0.25, 0.3) is 0 Å². The number of ether oxygens (including phenoxy) is 2. The molecule has 0 aromatic heterocycles. The van der Waals surface area contributed by atoms with Gasteiger partial charge in [0, 0.05) is 23.6 Å². The molecule has 0 radical (unpaired) electrons. The summed E-state index contributed by atoms with van der Waals surface area (Å²) in [6.07, 6.45) is 3.15. The quantitative estimate of drug-likeness (QED) is 0.540. The number of esters is 1. The SMILES string of the molecule is COc1c(C)c2c(c(NC(C)C)c1C/C=C(\C)CCC(=O)O)C(=O)OC2. The first-order valence-electron chi connectivity index (χ1n) is 8.79. The summed E-state index contributed by atoms with van der Waals surface area (Å²) in [5.41, 5.74) is 5.00. The summed E-state index contributed by atoms with van der Waals surface area (Å²) < 4.78 is 10.9. The molecule has 6 nitrogen and oxygen atoms in total. The van der Waals surface area contributed by atoms with Crippen LogP contribution in [0.25, 0.3) is 0 Å². The highest BCUT2D eigenvalue weighted by Gasteiger charge is 2.32. The number of anilines is 1. The average Bonchev–Trinajstić information content (AvgIpc) is 2.95. The molecule has 0 amide bonds. The highest BCUT2D eigenvalue weighted by atomic mass is 16.5. The lowest BCUT2D eigenvalue weighted by Gasteiger charge is -2.22. The number of carboxylic acid groups (broad SMARTS) is 1. The third kappa shape index (κ3) is 4.18. The molecule has 0 saturated heterocycles. The van der Waals surface area contributed by atoms with Gasteiger partial charge in [0.15, 0.2) is 0 Å². The van der Waals surface area contributed by atoms with Crippen LogP contribution in [0.2, 0.25) is 0 Å². The molecule has 1 aliphatic rings. The molecule has 2 rings (SSSR count). The van der Waals surface area contributed by atoms with E-state index >= 15 is 0 Å². The normalized spacial score (nSPS) is 13.6. The van der Waals surface area contributed by atoms with E-state index in [1.807, 2.05) is 33.8 Å². The Labute approximate surface area is 154 Å². The van der Waals surface area contributed by atoms with Gasteiger partial charge in [0.2, 0.25) is 0 Å². The third-order valence-electron chi connectivity index (χ3n) is 4.50. The maximum Gasteiger partial charge on any atom is 0.341 e. The number of methoxy groups -OCH3 is 1. The molecule has 1 aromatic rings. The summed E-state index contributed by atoms with van der Waals surface area (Å²) in [6, 6.07) is 0.135. The van der Waals surface area contributed by atoms with Crippen molar-refractivity contribution in [1.82, 2.24) is 0 Å². The number of carboxylic acids is 1. The molecular formula is C20H27NO5. The molecule has 26 heavy (non-hydrogen) atoms. The molecule has 0 unspecified atom stereocenters. The minimum atomic E-state index is -0.811. The lowest BCUT2D eigenvalue weighted by Crippen LogP contribution is -2.16. The number of aliphatic carboxylic acids is 1. The van der Waals surface area contributed by atoms with Gasteiger partial charge >= 0.3 is 11.9 Å². The number of carbonyl (C=O) groups is 2. The van der Waals surface area contributed by atoms with Crippen molar-refractivity contribution in [3.63, 3.8) is 0 Å². The fourth-order valence-electron chi connectivity index (χ4n) is 3.18. The number of benzene rings is 1. The first-order chi connectivity index (χ1) is 12.3. The molecular weight excluding hydrogens is 334 g/mol. The Morgan fingerprint density at radius 2 is 2.08 bits per heavy atom. The van der Waals surface area contributed by atoms with Crippen LogP contribution < -0.4 is 10.1 Å². The molecule has 0 atom stereocenters. The maximum absolute atomic E-state index is 12.3. The Bertz CT molecular complexity index is 749. The summed E-state index contributed by atoms with van der Waals surface area (Å²) in [6.45, 7) is 8.13. The number of allylic oxidation sites excluding steroid dienone is 2. The lowest BCUT2D eigenvalue weighted by molar-refractivity contribution is -0.136. The monoisotopic (exact) mass is 361 g/mol. The highest BCUT2D eigenvalue weighted by molar-refractivity contribution is 6.01. The van der Waals surface area contributed by atoms with Crippen LogP contribution in [0.1, 0.15) is 60.7 Å². The molecule has 0 bridgehead atoms. The largest absolute Gasteiger partial charge is 0.496 e. The van der Waals surface area contributed by atoms with E-state index < -0.39 is 5.97 Å². The fraction of sp³-hybridized carbons (Fsp3) is 0.500. The van der Waals surface area contributed by atoms with E-state index in [1.54, 1.807) is 7.11 Å². The van der Waals surface area contributed by atoms with E-state index in [2.05, 4.69) is 5.32 Å². The van der Waals surface area contributed by atoms with Crippen LogP contribution in [0.4, 0.5) is 5.69 Å². The van der Waals surface area contributed by atoms with Crippen molar-refractivity contribution in [3.05, 3.63) is 33.9 Å². The summed E-state index contributed by atoms with van der Waals surface area (Å²) in [4.78, 5) is 23.1. The number of hydrogen-bond acceptors (Lipinski definition) is 5. The number of cyclic esters (lactones) is 1. The van der Waals surface area contributed by atoms with E-state index in [1.165, 1.54) is 0 Å². The summed E-state index contributed by atoms with van der Waals surface area (Å²) in [7, 11) is 1.62. The predicted octanol–water partition coefficient (Wildman–Crippen LogP) is 3.85. The summed E-state index contributed by atoms with van der Waals surface area (Å²) in [5, 5.41) is 12.2. The zero-order valence-corrected chi connectivity index (χ0v) is 16.1. The number of hydrogen-bond donors (Lipinski definition) is 2. The summed E-state index contributed by atoms with van der Waals surface area (Å²) in [5.74, 6) is -0.386.